The third-order valence-electron chi connectivity index (χ3n) is 4.01. The highest BCUT2D eigenvalue weighted by Crippen LogP contribution is 2.18. The zero-order chi connectivity index (χ0) is 19.2. The molecule has 0 aliphatic rings. The maximum Gasteiger partial charge on any atom is 0.269 e. The molecule has 0 saturated heterocycles. The van der Waals surface area contributed by atoms with Crippen molar-refractivity contribution in [3.8, 4) is 11.3 Å². The van der Waals surface area contributed by atoms with Crippen molar-refractivity contribution in [2.24, 2.45) is 11.5 Å². The summed E-state index contributed by atoms with van der Waals surface area (Å²) in [4.78, 5) is 32.2. The molecule has 2 amide bonds. The van der Waals surface area contributed by atoms with Gasteiger partial charge in [-0.05, 0) is 17.7 Å². The van der Waals surface area contributed by atoms with Crippen LogP contribution in [0.4, 0.5) is 0 Å². The van der Waals surface area contributed by atoms with Crippen LogP contribution >= 0.6 is 0 Å². The summed E-state index contributed by atoms with van der Waals surface area (Å²) in [7, 11) is 0. The van der Waals surface area contributed by atoms with Gasteiger partial charge in [-0.1, -0.05) is 42.5 Å². The minimum absolute atomic E-state index is 0.0553. The Bertz CT molecular complexity index is 956. The molecule has 0 aliphatic heterocycles. The number of carbonyl (C=O) groups excluding carboxylic acids is 2. The van der Waals surface area contributed by atoms with E-state index in [4.69, 9.17) is 11.5 Å². The van der Waals surface area contributed by atoms with Crippen LogP contribution in [-0.2, 0) is 13.1 Å². The summed E-state index contributed by atoms with van der Waals surface area (Å²) < 4.78 is 0. The van der Waals surface area contributed by atoms with Crippen molar-refractivity contribution in [3.63, 3.8) is 0 Å². The van der Waals surface area contributed by atoms with Gasteiger partial charge in [0.25, 0.3) is 11.8 Å². The SMILES string of the molecule is NCc1ncc(-c2ccc(C(=O)NCc3ccccc3)cc2)nc1C(N)=O. The highest BCUT2D eigenvalue weighted by Gasteiger charge is 2.13. The lowest BCUT2D eigenvalue weighted by Gasteiger charge is -2.08. The van der Waals surface area contributed by atoms with Crippen molar-refractivity contribution in [1.82, 2.24) is 15.3 Å². The molecule has 0 unspecified atom stereocenters. The summed E-state index contributed by atoms with van der Waals surface area (Å²) in [6.45, 7) is 0.529. The molecule has 0 radical (unpaired) electrons. The third-order valence-corrected chi connectivity index (χ3v) is 4.01. The van der Waals surface area contributed by atoms with Crippen LogP contribution in [0.25, 0.3) is 11.3 Å². The van der Waals surface area contributed by atoms with Gasteiger partial charge in [0, 0.05) is 24.2 Å². The van der Waals surface area contributed by atoms with Crippen molar-refractivity contribution in [3.05, 3.63) is 83.3 Å². The predicted octanol–water partition coefficient (Wildman–Crippen LogP) is 1.63. The van der Waals surface area contributed by atoms with Crippen LogP contribution in [0.2, 0.25) is 0 Å². The fraction of sp³-hybridized carbons (Fsp3) is 0.100. The lowest BCUT2D eigenvalue weighted by atomic mass is 10.1. The zero-order valence-electron chi connectivity index (χ0n) is 14.6. The van der Waals surface area contributed by atoms with Gasteiger partial charge in [0.05, 0.1) is 17.6 Å². The van der Waals surface area contributed by atoms with Crippen LogP contribution in [-0.4, -0.2) is 21.8 Å². The minimum atomic E-state index is -0.679. The number of nitrogens with zero attached hydrogens (tertiary/aromatic N) is 2. The fourth-order valence-electron chi connectivity index (χ4n) is 2.57. The minimum Gasteiger partial charge on any atom is -0.364 e. The molecular formula is C20H19N5O2. The molecule has 136 valence electrons. The number of amides is 2. The second-order valence-electron chi connectivity index (χ2n) is 5.86. The Hall–Kier alpha value is -3.58. The number of primary amides is 1. The number of hydrogen-bond donors (Lipinski definition) is 3. The molecule has 5 N–H and O–H groups in total. The first-order chi connectivity index (χ1) is 13.1. The third kappa shape index (κ3) is 4.34. The van der Waals surface area contributed by atoms with E-state index in [0.29, 0.717) is 29.1 Å². The van der Waals surface area contributed by atoms with Gasteiger partial charge >= 0.3 is 0 Å². The quantitative estimate of drug-likeness (QED) is 0.615. The van der Waals surface area contributed by atoms with Crippen LogP contribution in [0.3, 0.4) is 0 Å². The van der Waals surface area contributed by atoms with Gasteiger partial charge in [0.2, 0.25) is 0 Å². The van der Waals surface area contributed by atoms with Gasteiger partial charge < -0.3 is 16.8 Å². The summed E-state index contributed by atoms with van der Waals surface area (Å²) in [5, 5.41) is 2.87. The average Bonchev–Trinajstić information content (AvgIpc) is 2.72. The summed E-state index contributed by atoms with van der Waals surface area (Å²) in [5.41, 5.74) is 14.0. The Morgan fingerprint density at radius 3 is 2.33 bits per heavy atom. The molecule has 3 rings (SSSR count). The molecule has 2 aromatic carbocycles. The molecule has 7 nitrogen and oxygen atoms in total. The van der Waals surface area contributed by atoms with Crippen molar-refractivity contribution in [2.45, 2.75) is 13.1 Å². The number of benzene rings is 2. The van der Waals surface area contributed by atoms with Gasteiger partial charge in [-0.3, -0.25) is 14.6 Å². The molecule has 0 saturated carbocycles. The molecule has 7 heteroatoms. The van der Waals surface area contributed by atoms with Crippen molar-refractivity contribution >= 4 is 11.8 Å². The van der Waals surface area contributed by atoms with Gasteiger partial charge in [-0.15, -0.1) is 0 Å². The van der Waals surface area contributed by atoms with E-state index in [2.05, 4.69) is 15.3 Å². The monoisotopic (exact) mass is 361 g/mol. The lowest BCUT2D eigenvalue weighted by Crippen LogP contribution is -2.22. The van der Waals surface area contributed by atoms with Crippen molar-refractivity contribution in [2.75, 3.05) is 0 Å². The van der Waals surface area contributed by atoms with Crippen molar-refractivity contribution in [1.29, 1.82) is 0 Å². The van der Waals surface area contributed by atoms with Crippen LogP contribution in [0.5, 0.6) is 0 Å². The summed E-state index contributed by atoms with van der Waals surface area (Å²) in [5.74, 6) is -0.852. The molecule has 0 aliphatic carbocycles. The summed E-state index contributed by atoms with van der Waals surface area (Å²) in [6, 6.07) is 16.5. The second-order valence-corrected chi connectivity index (χ2v) is 5.86. The van der Waals surface area contributed by atoms with Crippen LogP contribution < -0.4 is 16.8 Å². The van der Waals surface area contributed by atoms with E-state index < -0.39 is 5.91 Å². The molecule has 0 atom stereocenters. The summed E-state index contributed by atoms with van der Waals surface area (Å²) in [6.07, 6.45) is 1.53. The van der Waals surface area contributed by atoms with E-state index in [1.807, 2.05) is 30.3 Å². The summed E-state index contributed by atoms with van der Waals surface area (Å²) >= 11 is 0. The number of nitrogens with two attached hydrogens (primary N) is 2. The Morgan fingerprint density at radius 1 is 1.00 bits per heavy atom. The number of nitrogens with one attached hydrogen (secondary N) is 1. The van der Waals surface area contributed by atoms with E-state index in [0.717, 1.165) is 5.56 Å². The molecule has 0 fully saturated rings. The first-order valence-electron chi connectivity index (χ1n) is 8.37. The average molecular weight is 361 g/mol. The van der Waals surface area contributed by atoms with Crippen LogP contribution in [0.15, 0.2) is 60.8 Å². The number of hydrogen-bond acceptors (Lipinski definition) is 5. The number of carbonyl (C=O) groups is 2. The largest absolute Gasteiger partial charge is 0.364 e. The van der Waals surface area contributed by atoms with Gasteiger partial charge in [-0.25, -0.2) is 4.98 Å². The fourth-order valence-corrected chi connectivity index (χ4v) is 2.57. The molecule has 0 spiro atoms. The standard InChI is InChI=1S/C20H19N5O2/c21-10-16-18(19(22)26)25-17(12-23-16)14-6-8-15(9-7-14)20(27)24-11-13-4-2-1-3-5-13/h1-9,12H,10-11,21H2,(H2,22,26)(H,24,27). The zero-order valence-corrected chi connectivity index (χ0v) is 14.6. The predicted molar refractivity (Wildman–Crippen MR) is 101 cm³/mol. The molecular weight excluding hydrogens is 342 g/mol. The van der Waals surface area contributed by atoms with E-state index in [9.17, 15) is 9.59 Å². The Kier molecular flexibility index (Phi) is 5.53. The normalized spacial score (nSPS) is 10.4. The van der Waals surface area contributed by atoms with Crippen LogP contribution in [0, 0.1) is 0 Å². The topological polar surface area (TPSA) is 124 Å². The maximum atomic E-state index is 12.3. The second kappa shape index (κ2) is 8.20. The van der Waals surface area contributed by atoms with Gasteiger partial charge in [0.1, 0.15) is 0 Å². The Balaban J connectivity index is 1.74. The first kappa shape index (κ1) is 18.2. The van der Waals surface area contributed by atoms with E-state index in [1.54, 1.807) is 24.3 Å². The van der Waals surface area contributed by atoms with E-state index in [-0.39, 0.29) is 18.1 Å². The number of aromatic nitrogens is 2. The molecule has 1 aromatic heterocycles. The highest BCUT2D eigenvalue weighted by atomic mass is 16.2. The Morgan fingerprint density at radius 2 is 1.70 bits per heavy atom. The smallest absolute Gasteiger partial charge is 0.269 e. The highest BCUT2D eigenvalue weighted by molar-refractivity contribution is 5.95. The molecule has 27 heavy (non-hydrogen) atoms. The molecule has 1 heterocycles. The molecule has 3 aromatic rings. The van der Waals surface area contributed by atoms with Crippen LogP contribution in [0.1, 0.15) is 32.1 Å². The van der Waals surface area contributed by atoms with Gasteiger partial charge in [-0.2, -0.15) is 0 Å². The van der Waals surface area contributed by atoms with Gasteiger partial charge in [0.15, 0.2) is 5.69 Å². The van der Waals surface area contributed by atoms with E-state index in [1.165, 1.54) is 6.20 Å². The van der Waals surface area contributed by atoms with E-state index >= 15 is 0 Å². The molecule has 0 bridgehead atoms. The van der Waals surface area contributed by atoms with Crippen molar-refractivity contribution < 1.29 is 9.59 Å². The first-order valence-corrected chi connectivity index (χ1v) is 8.37. The lowest BCUT2D eigenvalue weighted by molar-refractivity contribution is 0.0949. The number of rotatable bonds is 6. The maximum absolute atomic E-state index is 12.3. The Labute approximate surface area is 156 Å².